The van der Waals surface area contributed by atoms with Crippen molar-refractivity contribution in [3.05, 3.63) is 87.6 Å². The lowest BCUT2D eigenvalue weighted by Gasteiger charge is -2.41. The zero-order valence-corrected chi connectivity index (χ0v) is 33.8. The van der Waals surface area contributed by atoms with Crippen molar-refractivity contribution in [1.29, 1.82) is 0 Å². The number of piperidine rings is 2. The highest BCUT2D eigenvalue weighted by Gasteiger charge is 2.32. The lowest BCUT2D eigenvalue weighted by molar-refractivity contribution is -0.135. The van der Waals surface area contributed by atoms with Crippen molar-refractivity contribution in [1.82, 2.24) is 34.6 Å². The minimum absolute atomic E-state index is 0.0130. The van der Waals surface area contributed by atoms with Gasteiger partial charge in [-0.25, -0.2) is 4.79 Å². The van der Waals surface area contributed by atoms with E-state index in [1.54, 1.807) is 16.2 Å². The number of H-pyrrole nitrogens is 1. The number of hydrogen-bond donors (Lipinski definition) is 3. The van der Waals surface area contributed by atoms with Crippen LogP contribution >= 0.6 is 0 Å². The molecule has 3 N–H and O–H groups in total. The molecule has 0 spiro atoms. The predicted molar refractivity (Wildman–Crippen MR) is 226 cm³/mol. The van der Waals surface area contributed by atoms with E-state index in [-0.39, 0.29) is 23.9 Å². The fraction of sp³-hybridized carbons (Fsp3) is 0.444. The molecule has 1 atom stereocenters. The summed E-state index contributed by atoms with van der Waals surface area (Å²) in [5, 5.41) is 5.33. The maximum atomic E-state index is 13.3. The normalized spacial score (nSPS) is 19.4. The van der Waals surface area contributed by atoms with E-state index >= 15 is 0 Å². The van der Waals surface area contributed by atoms with Gasteiger partial charge in [0.15, 0.2) is 0 Å². The Hall–Kier alpha value is -5.69. The number of rotatable bonds is 9. The van der Waals surface area contributed by atoms with Crippen molar-refractivity contribution in [3.63, 3.8) is 0 Å². The fourth-order valence-corrected chi connectivity index (χ4v) is 9.73. The van der Waals surface area contributed by atoms with Crippen molar-refractivity contribution in [2.75, 3.05) is 62.2 Å². The van der Waals surface area contributed by atoms with Crippen molar-refractivity contribution < 1.29 is 14.4 Å². The highest BCUT2D eigenvalue weighted by Crippen LogP contribution is 2.35. The molecular formula is C45H53N9O4. The molecule has 0 saturated carbocycles. The van der Waals surface area contributed by atoms with Gasteiger partial charge in [-0.15, -0.1) is 0 Å². The zero-order valence-electron chi connectivity index (χ0n) is 33.8. The average molecular weight is 784 g/mol. The summed E-state index contributed by atoms with van der Waals surface area (Å²) in [5.74, 6) is -0.0757. The Kier molecular flexibility index (Phi) is 10.2. The number of anilines is 2. The van der Waals surface area contributed by atoms with Crippen LogP contribution in [0.25, 0.3) is 33.5 Å². The van der Waals surface area contributed by atoms with Crippen molar-refractivity contribution >= 4 is 40.1 Å². The minimum atomic E-state index is -0.679. The smallest absolute Gasteiger partial charge is 0.329 e. The van der Waals surface area contributed by atoms with Gasteiger partial charge in [-0.05, 0) is 97.7 Å². The molecule has 3 amide bonds. The second kappa shape index (κ2) is 15.6. The second-order valence-electron chi connectivity index (χ2n) is 16.4. The Labute approximate surface area is 338 Å². The average Bonchev–Trinajstić information content (AvgIpc) is 3.80. The maximum absolute atomic E-state index is 13.3. The van der Waals surface area contributed by atoms with Crippen molar-refractivity contribution in [3.8, 4) is 22.5 Å². The van der Waals surface area contributed by atoms with Crippen molar-refractivity contribution in [2.45, 2.75) is 64.8 Å². The zero-order chi connectivity index (χ0) is 40.1. The number of carbonyl (C=O) groups is 3. The van der Waals surface area contributed by atoms with Crippen LogP contribution in [0.2, 0.25) is 0 Å². The van der Waals surface area contributed by atoms with Gasteiger partial charge in [0.25, 0.3) is 5.91 Å². The number of aromatic amines is 1. The molecule has 1 unspecified atom stereocenters. The summed E-state index contributed by atoms with van der Waals surface area (Å²) < 4.78 is 3.16. The first-order valence-corrected chi connectivity index (χ1v) is 21.1. The first-order chi connectivity index (χ1) is 28.2. The number of aromatic nitrogens is 4. The van der Waals surface area contributed by atoms with Crippen LogP contribution in [0.4, 0.5) is 11.4 Å². The molecular weight excluding hydrogens is 731 g/mol. The Bertz CT molecular complexity index is 2440. The molecule has 13 heteroatoms. The van der Waals surface area contributed by atoms with Crippen molar-refractivity contribution in [2.24, 2.45) is 13.0 Å². The number of imidazole rings is 1. The van der Waals surface area contributed by atoms with Crippen LogP contribution in [0.5, 0.6) is 0 Å². The Balaban J connectivity index is 0.827. The first-order valence-electron chi connectivity index (χ1n) is 21.1. The van der Waals surface area contributed by atoms with Gasteiger partial charge < -0.3 is 20.1 Å². The number of fused-ring (bicyclic) bond motifs is 2. The molecule has 5 aromatic rings. The van der Waals surface area contributed by atoms with E-state index < -0.39 is 11.9 Å². The number of piperazine rings is 1. The van der Waals surface area contributed by atoms with Gasteiger partial charge in [0.2, 0.25) is 11.8 Å². The molecule has 3 aromatic heterocycles. The topological polar surface area (TPSA) is 141 Å². The molecule has 7 heterocycles. The van der Waals surface area contributed by atoms with Crippen LogP contribution in [-0.4, -0.2) is 94.1 Å². The maximum Gasteiger partial charge on any atom is 0.329 e. The lowest BCUT2D eigenvalue weighted by Crippen LogP contribution is -2.49. The van der Waals surface area contributed by atoms with E-state index in [0.717, 1.165) is 128 Å². The quantitative estimate of drug-likeness (QED) is 0.181. The monoisotopic (exact) mass is 783 g/mol. The summed E-state index contributed by atoms with van der Waals surface area (Å²) in [6, 6.07) is 16.2. The third-order valence-corrected chi connectivity index (χ3v) is 13.0. The fourth-order valence-electron chi connectivity index (χ4n) is 9.73. The molecule has 0 radical (unpaired) electrons. The largest absolute Gasteiger partial charge is 0.371 e. The van der Waals surface area contributed by atoms with Gasteiger partial charge in [-0.2, -0.15) is 0 Å². The summed E-state index contributed by atoms with van der Waals surface area (Å²) in [7, 11) is 1.75. The van der Waals surface area contributed by atoms with E-state index in [1.165, 1.54) is 16.8 Å². The van der Waals surface area contributed by atoms with E-state index in [1.807, 2.05) is 24.4 Å². The number of carbonyl (C=O) groups excluding carboxylic acids is 3. The van der Waals surface area contributed by atoms with E-state index in [4.69, 9.17) is 4.98 Å². The molecule has 2 aromatic carbocycles. The Morgan fingerprint density at radius 1 is 0.776 bits per heavy atom. The third kappa shape index (κ3) is 6.99. The number of benzene rings is 2. The van der Waals surface area contributed by atoms with Gasteiger partial charge in [-0.3, -0.25) is 38.7 Å². The molecule has 13 nitrogen and oxygen atoms in total. The number of aryl methyl sites for hydroxylation is 3. The molecule has 3 saturated heterocycles. The molecule has 58 heavy (non-hydrogen) atoms. The van der Waals surface area contributed by atoms with Crippen LogP contribution in [0, 0.1) is 5.92 Å². The van der Waals surface area contributed by atoms with Crippen LogP contribution in [-0.2, 0) is 35.9 Å². The summed E-state index contributed by atoms with van der Waals surface area (Å²) in [5.41, 5.74) is 12.3. The van der Waals surface area contributed by atoms with Gasteiger partial charge in [0.1, 0.15) is 6.04 Å². The summed E-state index contributed by atoms with van der Waals surface area (Å²) in [6.07, 6.45) is 7.37. The number of hydrogen-bond acceptors (Lipinski definition) is 8. The van der Waals surface area contributed by atoms with Gasteiger partial charge in [0.05, 0.1) is 22.3 Å². The van der Waals surface area contributed by atoms with Crippen LogP contribution in [0.15, 0.2) is 59.5 Å². The Morgan fingerprint density at radius 2 is 1.53 bits per heavy atom. The van der Waals surface area contributed by atoms with E-state index in [2.05, 4.69) is 74.5 Å². The molecule has 302 valence electrons. The molecule has 4 aliphatic rings. The molecule has 0 bridgehead atoms. The summed E-state index contributed by atoms with van der Waals surface area (Å²) in [6.45, 7) is 12.3. The number of imide groups is 1. The number of amides is 3. The SMILES string of the molecule is CCc1cc(-c2cc(-c3cc4c([nH]3)CCNC4=O)ccn2)cc(CC)c1N1CCN(CC2CCN(c3ccc4c(c3)n(C)c(=O)n4C3CCC(=O)NC3=O)CC2)CC1. The highest BCUT2D eigenvalue weighted by molar-refractivity contribution is 6.00. The molecule has 4 aliphatic heterocycles. The van der Waals surface area contributed by atoms with E-state index in [9.17, 15) is 19.2 Å². The molecule has 9 rings (SSSR count). The van der Waals surface area contributed by atoms with Crippen LogP contribution < -0.4 is 26.1 Å². The number of pyridine rings is 1. The number of nitrogens with one attached hydrogen (secondary N) is 3. The van der Waals surface area contributed by atoms with Gasteiger partial charge in [0, 0.05) is 112 Å². The predicted octanol–water partition coefficient (Wildman–Crippen LogP) is 4.82. The Morgan fingerprint density at radius 3 is 2.24 bits per heavy atom. The molecule has 3 fully saturated rings. The minimum Gasteiger partial charge on any atom is -0.371 e. The first kappa shape index (κ1) is 37.9. The second-order valence-corrected chi connectivity index (χ2v) is 16.4. The van der Waals surface area contributed by atoms with Crippen LogP contribution in [0.3, 0.4) is 0 Å². The lowest BCUT2D eigenvalue weighted by atomic mass is 9.94. The summed E-state index contributed by atoms with van der Waals surface area (Å²) >= 11 is 0. The van der Waals surface area contributed by atoms with Gasteiger partial charge in [-0.1, -0.05) is 13.8 Å². The third-order valence-electron chi connectivity index (χ3n) is 13.0. The van der Waals surface area contributed by atoms with E-state index in [0.29, 0.717) is 18.9 Å². The van der Waals surface area contributed by atoms with Crippen LogP contribution in [0.1, 0.15) is 72.8 Å². The molecule has 0 aliphatic carbocycles. The number of nitrogens with zero attached hydrogens (tertiary/aromatic N) is 6. The summed E-state index contributed by atoms with van der Waals surface area (Å²) in [4.78, 5) is 66.0. The standard InChI is InChI=1S/C45H53N9O4/c1-4-29-22-32(36-24-31(10-14-46-36)37-26-34-35(48-37)11-15-47-43(34)56)23-30(5-2)42(29)53-20-18-51(19-21-53)27-28-12-16-52(17-13-28)33-6-7-38-40(25-33)50(3)45(58)54(38)39-8-9-41(55)49-44(39)57/h6-7,10,14,22-26,28,39,48H,4-5,8-9,11-13,15-21,27H2,1-3H3,(H,47,56)(H,49,55,57). The van der Waals surface area contributed by atoms with Gasteiger partial charge >= 0.3 is 5.69 Å². The highest BCUT2D eigenvalue weighted by atomic mass is 16.2.